The Labute approximate surface area is 304 Å². The van der Waals surface area contributed by atoms with Gasteiger partial charge < -0.3 is 14.2 Å². The van der Waals surface area contributed by atoms with Gasteiger partial charge in [0.25, 0.3) is 0 Å². The molecule has 0 bridgehead atoms. The number of hydrogen-bond donors (Lipinski definition) is 0. The summed E-state index contributed by atoms with van der Waals surface area (Å²) in [5.74, 6) is -0.0541. The van der Waals surface area contributed by atoms with Gasteiger partial charge in [-0.05, 0) is 25.2 Å². The Morgan fingerprint density at radius 1 is 0.388 bits per heavy atom. The van der Waals surface area contributed by atoms with Crippen molar-refractivity contribution in [2.45, 2.75) is 239 Å². The molecule has 6 nitrogen and oxygen atoms in total. The molecule has 0 amide bonds. The molecule has 0 N–H and O–H groups in total. The number of rotatable bonds is 38. The van der Waals surface area contributed by atoms with Gasteiger partial charge in [0.05, 0.1) is 0 Å². The average Bonchev–Trinajstić information content (AvgIpc) is 3.08. The fourth-order valence-corrected chi connectivity index (χ4v) is 6.27. The lowest BCUT2D eigenvalue weighted by Gasteiger charge is -2.18. The second kappa shape index (κ2) is 37.7. The fraction of sp³-hybridized carbons (Fsp3) is 0.930. The summed E-state index contributed by atoms with van der Waals surface area (Å²) in [6.45, 7) is 8.93. The van der Waals surface area contributed by atoms with Gasteiger partial charge in [0.2, 0.25) is 0 Å². The fourth-order valence-electron chi connectivity index (χ4n) is 6.27. The van der Waals surface area contributed by atoms with Crippen LogP contribution in [0.25, 0.3) is 0 Å². The molecule has 0 aliphatic heterocycles. The average molecular weight is 695 g/mol. The predicted molar refractivity (Wildman–Crippen MR) is 206 cm³/mol. The zero-order valence-electron chi connectivity index (χ0n) is 33.1. The summed E-state index contributed by atoms with van der Waals surface area (Å²) in [5.41, 5.74) is 0. The van der Waals surface area contributed by atoms with Crippen LogP contribution in [0.3, 0.4) is 0 Å². The van der Waals surface area contributed by atoms with Crippen molar-refractivity contribution in [3.8, 4) is 0 Å². The third-order valence-corrected chi connectivity index (χ3v) is 9.54. The van der Waals surface area contributed by atoms with E-state index in [1.54, 1.807) is 0 Å². The van der Waals surface area contributed by atoms with Crippen LogP contribution in [0.5, 0.6) is 0 Å². The van der Waals surface area contributed by atoms with Crippen LogP contribution in [0.1, 0.15) is 233 Å². The summed E-state index contributed by atoms with van der Waals surface area (Å²) >= 11 is 0. The molecule has 0 heterocycles. The van der Waals surface area contributed by atoms with Crippen molar-refractivity contribution < 1.29 is 28.6 Å². The van der Waals surface area contributed by atoms with E-state index in [9.17, 15) is 14.4 Å². The first-order chi connectivity index (χ1) is 23.9. The zero-order chi connectivity index (χ0) is 36.0. The third kappa shape index (κ3) is 37.5. The molecular weight excluding hydrogens is 612 g/mol. The Morgan fingerprint density at radius 2 is 0.673 bits per heavy atom. The van der Waals surface area contributed by atoms with Gasteiger partial charge in [-0.15, -0.1) is 0 Å². The molecule has 1 atom stereocenters. The van der Waals surface area contributed by atoms with E-state index in [-0.39, 0.29) is 31.1 Å². The van der Waals surface area contributed by atoms with Gasteiger partial charge >= 0.3 is 17.9 Å². The van der Waals surface area contributed by atoms with Gasteiger partial charge in [-0.3, -0.25) is 14.4 Å². The number of hydrogen-bond acceptors (Lipinski definition) is 6. The summed E-state index contributed by atoms with van der Waals surface area (Å²) < 4.78 is 16.6. The first-order valence-electron chi connectivity index (χ1n) is 21.4. The van der Waals surface area contributed by atoms with Crippen LogP contribution >= 0.6 is 0 Å². The van der Waals surface area contributed by atoms with Gasteiger partial charge in [-0.1, -0.05) is 195 Å². The van der Waals surface area contributed by atoms with Gasteiger partial charge in [0.15, 0.2) is 6.10 Å². The summed E-state index contributed by atoms with van der Waals surface area (Å²) in [6, 6.07) is 0. The molecule has 0 aromatic heterocycles. The molecule has 0 rings (SSSR count). The molecule has 0 saturated heterocycles. The highest BCUT2D eigenvalue weighted by atomic mass is 16.6. The highest BCUT2D eigenvalue weighted by Crippen LogP contribution is 2.15. The molecule has 0 aromatic rings. The van der Waals surface area contributed by atoms with E-state index in [0.29, 0.717) is 19.3 Å². The lowest BCUT2D eigenvalue weighted by molar-refractivity contribution is -0.167. The SMILES string of the molecule is CCCCCCCCCCCCC(=O)O[C@H](COC(=O)CCCCCCCCCCC)COC(=O)CCCCCCCCCCCC(C)C. The van der Waals surface area contributed by atoms with Crippen LogP contribution in [-0.4, -0.2) is 37.2 Å². The Morgan fingerprint density at radius 3 is 1.00 bits per heavy atom. The maximum Gasteiger partial charge on any atom is 0.306 e. The molecule has 0 radical (unpaired) electrons. The largest absolute Gasteiger partial charge is 0.462 e. The van der Waals surface area contributed by atoms with Crippen molar-refractivity contribution in [1.29, 1.82) is 0 Å². The lowest BCUT2D eigenvalue weighted by Crippen LogP contribution is -2.30. The minimum Gasteiger partial charge on any atom is -0.462 e. The van der Waals surface area contributed by atoms with E-state index in [0.717, 1.165) is 63.7 Å². The second-order valence-corrected chi connectivity index (χ2v) is 15.1. The summed E-state index contributed by atoms with van der Waals surface area (Å²) in [6.07, 6.45) is 35.2. The molecule has 0 aliphatic carbocycles. The van der Waals surface area contributed by atoms with Crippen molar-refractivity contribution in [3.63, 3.8) is 0 Å². The minimum absolute atomic E-state index is 0.0647. The summed E-state index contributed by atoms with van der Waals surface area (Å²) in [5, 5.41) is 0. The second-order valence-electron chi connectivity index (χ2n) is 15.1. The number of ether oxygens (including phenoxy) is 3. The number of esters is 3. The zero-order valence-corrected chi connectivity index (χ0v) is 33.1. The van der Waals surface area contributed by atoms with Crippen LogP contribution in [0.4, 0.5) is 0 Å². The maximum atomic E-state index is 12.6. The van der Waals surface area contributed by atoms with Crippen LogP contribution in [0.15, 0.2) is 0 Å². The Hall–Kier alpha value is -1.59. The predicted octanol–water partition coefficient (Wildman–Crippen LogP) is 13.2. The van der Waals surface area contributed by atoms with E-state index in [2.05, 4.69) is 27.7 Å². The molecule has 0 aliphatic rings. The summed E-state index contributed by atoms with van der Waals surface area (Å²) in [7, 11) is 0. The van der Waals surface area contributed by atoms with Gasteiger partial charge in [0.1, 0.15) is 13.2 Å². The van der Waals surface area contributed by atoms with Gasteiger partial charge in [0, 0.05) is 19.3 Å². The van der Waals surface area contributed by atoms with Crippen molar-refractivity contribution in [2.24, 2.45) is 5.92 Å². The van der Waals surface area contributed by atoms with Gasteiger partial charge in [-0.2, -0.15) is 0 Å². The summed E-state index contributed by atoms with van der Waals surface area (Å²) in [4.78, 5) is 37.5. The molecule has 0 saturated carbocycles. The van der Waals surface area contributed by atoms with Crippen molar-refractivity contribution >= 4 is 17.9 Å². The first-order valence-corrected chi connectivity index (χ1v) is 21.4. The van der Waals surface area contributed by atoms with Crippen molar-refractivity contribution in [3.05, 3.63) is 0 Å². The quantitative estimate of drug-likeness (QED) is 0.0364. The molecule has 6 heteroatoms. The molecule has 0 unspecified atom stereocenters. The number of carbonyl (C=O) groups excluding carboxylic acids is 3. The molecule has 49 heavy (non-hydrogen) atoms. The van der Waals surface area contributed by atoms with Crippen LogP contribution in [0.2, 0.25) is 0 Å². The normalized spacial score (nSPS) is 11.9. The lowest BCUT2D eigenvalue weighted by atomic mass is 10.0. The van der Waals surface area contributed by atoms with E-state index >= 15 is 0 Å². The Bertz CT molecular complexity index is 736. The van der Waals surface area contributed by atoms with Crippen LogP contribution in [0, 0.1) is 5.92 Å². The van der Waals surface area contributed by atoms with Crippen LogP contribution < -0.4 is 0 Å². The smallest absolute Gasteiger partial charge is 0.306 e. The van der Waals surface area contributed by atoms with Gasteiger partial charge in [-0.25, -0.2) is 0 Å². The highest BCUT2D eigenvalue weighted by Gasteiger charge is 2.19. The maximum absolute atomic E-state index is 12.6. The standard InChI is InChI=1S/C43H82O6/c1-5-7-9-11-13-15-19-24-28-32-36-43(46)49-40(37-47-41(44)34-30-26-22-17-14-12-10-8-6-2)38-48-42(45)35-31-27-23-20-16-18-21-25-29-33-39(3)4/h39-40H,5-38H2,1-4H3/t40-/m1/s1. The van der Waals surface area contributed by atoms with E-state index in [1.165, 1.54) is 128 Å². The van der Waals surface area contributed by atoms with E-state index < -0.39 is 6.10 Å². The number of unbranched alkanes of at least 4 members (excludes halogenated alkanes) is 25. The highest BCUT2D eigenvalue weighted by molar-refractivity contribution is 5.71. The Balaban J connectivity index is 4.33. The Kier molecular flexibility index (Phi) is 36.4. The first kappa shape index (κ1) is 47.4. The topological polar surface area (TPSA) is 78.9 Å². The van der Waals surface area contributed by atoms with Crippen molar-refractivity contribution in [2.75, 3.05) is 13.2 Å². The number of carbonyl (C=O) groups is 3. The van der Waals surface area contributed by atoms with E-state index in [4.69, 9.17) is 14.2 Å². The molecule has 0 aromatic carbocycles. The van der Waals surface area contributed by atoms with Crippen LogP contribution in [-0.2, 0) is 28.6 Å². The monoisotopic (exact) mass is 695 g/mol. The molecule has 0 spiro atoms. The van der Waals surface area contributed by atoms with E-state index in [1.807, 2.05) is 0 Å². The van der Waals surface area contributed by atoms with Crippen molar-refractivity contribution in [1.82, 2.24) is 0 Å². The molecular formula is C43H82O6. The third-order valence-electron chi connectivity index (χ3n) is 9.54. The minimum atomic E-state index is -0.757. The molecule has 290 valence electrons. The molecule has 0 fully saturated rings.